The molecule has 1 aromatic carbocycles. The van der Waals surface area contributed by atoms with Gasteiger partial charge in [0.1, 0.15) is 5.75 Å². The van der Waals surface area contributed by atoms with E-state index in [4.69, 9.17) is 10.5 Å². The number of fused-ring (bicyclic) bond motifs is 1. The molecule has 0 fully saturated rings. The zero-order valence-corrected chi connectivity index (χ0v) is 8.21. The predicted octanol–water partition coefficient (Wildman–Crippen LogP) is 1.68. The van der Waals surface area contributed by atoms with Gasteiger partial charge in [-0.2, -0.15) is 0 Å². The van der Waals surface area contributed by atoms with E-state index in [1.165, 1.54) is 5.39 Å². The van der Waals surface area contributed by atoms with Gasteiger partial charge < -0.3 is 15.5 Å². The molecule has 0 saturated heterocycles. The molecule has 0 unspecified atom stereocenters. The summed E-state index contributed by atoms with van der Waals surface area (Å²) in [5.74, 6) is 0.880. The Morgan fingerprint density at radius 2 is 2.29 bits per heavy atom. The number of para-hydroxylation sites is 1. The number of methoxy groups -OCH3 is 1. The fourth-order valence-electron chi connectivity index (χ4n) is 1.65. The summed E-state index contributed by atoms with van der Waals surface area (Å²) in [5.41, 5.74) is 7.72. The molecule has 0 saturated carbocycles. The van der Waals surface area contributed by atoms with Gasteiger partial charge in [-0.15, -0.1) is 0 Å². The van der Waals surface area contributed by atoms with Crippen LogP contribution in [0, 0.1) is 0 Å². The second-order valence-electron chi connectivity index (χ2n) is 3.26. The standard InChI is InChI=1S/C11H14N2O/c1-14-10-4-2-3-8-7-9(5-6-12)13-11(8)10/h2-4,7,13H,5-6,12H2,1H3. The third kappa shape index (κ3) is 1.46. The summed E-state index contributed by atoms with van der Waals surface area (Å²) < 4.78 is 5.26. The Hall–Kier alpha value is -1.48. The number of rotatable bonds is 3. The normalized spacial score (nSPS) is 10.7. The fraction of sp³-hybridized carbons (Fsp3) is 0.273. The number of nitrogens with one attached hydrogen (secondary N) is 1. The zero-order valence-electron chi connectivity index (χ0n) is 8.21. The minimum Gasteiger partial charge on any atom is -0.495 e. The maximum Gasteiger partial charge on any atom is 0.142 e. The van der Waals surface area contributed by atoms with Crippen LogP contribution < -0.4 is 10.5 Å². The Labute approximate surface area is 82.9 Å². The van der Waals surface area contributed by atoms with Crippen LogP contribution in [0.3, 0.4) is 0 Å². The van der Waals surface area contributed by atoms with Crippen molar-refractivity contribution >= 4 is 10.9 Å². The van der Waals surface area contributed by atoms with Crippen LogP contribution in [-0.2, 0) is 6.42 Å². The van der Waals surface area contributed by atoms with Crippen LogP contribution in [0.1, 0.15) is 5.69 Å². The van der Waals surface area contributed by atoms with Crippen LogP contribution in [0.15, 0.2) is 24.3 Å². The molecule has 3 nitrogen and oxygen atoms in total. The number of ether oxygens (including phenoxy) is 1. The van der Waals surface area contributed by atoms with Gasteiger partial charge in [0, 0.05) is 11.1 Å². The Morgan fingerprint density at radius 1 is 1.43 bits per heavy atom. The van der Waals surface area contributed by atoms with Gasteiger partial charge in [-0.3, -0.25) is 0 Å². The van der Waals surface area contributed by atoms with Gasteiger partial charge in [0.25, 0.3) is 0 Å². The Bertz CT molecular complexity index is 434. The van der Waals surface area contributed by atoms with Gasteiger partial charge in [-0.1, -0.05) is 12.1 Å². The topological polar surface area (TPSA) is 51.0 Å². The molecule has 74 valence electrons. The van der Waals surface area contributed by atoms with Crippen molar-refractivity contribution in [2.75, 3.05) is 13.7 Å². The molecule has 2 rings (SSSR count). The molecule has 0 aliphatic carbocycles. The van der Waals surface area contributed by atoms with Crippen molar-refractivity contribution in [2.45, 2.75) is 6.42 Å². The van der Waals surface area contributed by atoms with E-state index in [9.17, 15) is 0 Å². The van der Waals surface area contributed by atoms with Crippen molar-refractivity contribution in [3.8, 4) is 5.75 Å². The number of hydrogen-bond acceptors (Lipinski definition) is 2. The number of benzene rings is 1. The maximum absolute atomic E-state index is 5.50. The second kappa shape index (κ2) is 3.72. The van der Waals surface area contributed by atoms with E-state index in [1.54, 1.807) is 7.11 Å². The molecule has 3 heteroatoms. The van der Waals surface area contributed by atoms with Crippen molar-refractivity contribution in [1.29, 1.82) is 0 Å². The lowest BCUT2D eigenvalue weighted by Crippen LogP contribution is -2.02. The molecule has 2 aromatic rings. The van der Waals surface area contributed by atoms with Crippen molar-refractivity contribution in [2.24, 2.45) is 5.73 Å². The molecule has 3 N–H and O–H groups in total. The summed E-state index contributed by atoms with van der Waals surface area (Å²) in [6.45, 7) is 0.662. The van der Waals surface area contributed by atoms with Crippen LogP contribution in [0.4, 0.5) is 0 Å². The van der Waals surface area contributed by atoms with E-state index in [0.29, 0.717) is 6.54 Å². The molecule has 0 atom stereocenters. The molecule has 1 heterocycles. The highest BCUT2D eigenvalue weighted by molar-refractivity contribution is 5.86. The summed E-state index contributed by atoms with van der Waals surface area (Å²) in [4.78, 5) is 3.31. The molecular formula is C11H14N2O. The van der Waals surface area contributed by atoms with Gasteiger partial charge in [0.15, 0.2) is 0 Å². The third-order valence-corrected chi connectivity index (χ3v) is 2.31. The first-order valence-electron chi connectivity index (χ1n) is 4.70. The number of hydrogen-bond donors (Lipinski definition) is 2. The van der Waals surface area contributed by atoms with Gasteiger partial charge in [-0.25, -0.2) is 0 Å². The lowest BCUT2D eigenvalue weighted by Gasteiger charge is -1.99. The first-order chi connectivity index (χ1) is 6.85. The lowest BCUT2D eigenvalue weighted by atomic mass is 10.2. The van der Waals surface area contributed by atoms with E-state index in [0.717, 1.165) is 23.4 Å². The molecule has 0 amide bonds. The molecule has 0 spiro atoms. The van der Waals surface area contributed by atoms with E-state index in [1.807, 2.05) is 12.1 Å². The average molecular weight is 190 g/mol. The molecule has 1 aromatic heterocycles. The number of aromatic nitrogens is 1. The molecular weight excluding hydrogens is 176 g/mol. The summed E-state index contributed by atoms with van der Waals surface area (Å²) in [6.07, 6.45) is 0.873. The van der Waals surface area contributed by atoms with E-state index in [2.05, 4.69) is 17.1 Å². The van der Waals surface area contributed by atoms with Gasteiger partial charge in [0.2, 0.25) is 0 Å². The number of H-pyrrole nitrogens is 1. The summed E-state index contributed by atoms with van der Waals surface area (Å²) in [6, 6.07) is 8.12. The van der Waals surface area contributed by atoms with Gasteiger partial charge in [-0.05, 0) is 25.1 Å². The smallest absolute Gasteiger partial charge is 0.142 e. The van der Waals surface area contributed by atoms with Crippen LogP contribution in [0.5, 0.6) is 5.75 Å². The Morgan fingerprint density at radius 3 is 3.00 bits per heavy atom. The summed E-state index contributed by atoms with van der Waals surface area (Å²) in [5, 5.41) is 1.17. The van der Waals surface area contributed by atoms with E-state index >= 15 is 0 Å². The van der Waals surface area contributed by atoms with Gasteiger partial charge >= 0.3 is 0 Å². The highest BCUT2D eigenvalue weighted by Crippen LogP contribution is 2.25. The monoisotopic (exact) mass is 190 g/mol. The van der Waals surface area contributed by atoms with Crippen LogP contribution >= 0.6 is 0 Å². The van der Waals surface area contributed by atoms with Crippen molar-refractivity contribution in [1.82, 2.24) is 4.98 Å². The first-order valence-corrected chi connectivity index (χ1v) is 4.70. The minimum absolute atomic E-state index is 0.662. The number of nitrogens with two attached hydrogens (primary N) is 1. The summed E-state index contributed by atoms with van der Waals surface area (Å²) in [7, 11) is 1.68. The van der Waals surface area contributed by atoms with Crippen molar-refractivity contribution in [3.05, 3.63) is 30.0 Å². The van der Waals surface area contributed by atoms with Crippen molar-refractivity contribution in [3.63, 3.8) is 0 Å². The largest absolute Gasteiger partial charge is 0.495 e. The first kappa shape index (κ1) is 9.09. The molecule has 0 aliphatic rings. The zero-order chi connectivity index (χ0) is 9.97. The van der Waals surface area contributed by atoms with Crippen LogP contribution in [-0.4, -0.2) is 18.6 Å². The fourth-order valence-corrected chi connectivity index (χ4v) is 1.65. The van der Waals surface area contributed by atoms with Crippen LogP contribution in [0.25, 0.3) is 10.9 Å². The third-order valence-electron chi connectivity index (χ3n) is 2.31. The SMILES string of the molecule is COc1cccc2cc(CCN)[nH]c12. The number of aromatic amines is 1. The van der Waals surface area contributed by atoms with Crippen LogP contribution in [0.2, 0.25) is 0 Å². The quantitative estimate of drug-likeness (QED) is 0.773. The second-order valence-corrected chi connectivity index (χ2v) is 3.26. The van der Waals surface area contributed by atoms with Crippen molar-refractivity contribution < 1.29 is 4.74 Å². The molecule has 0 aliphatic heterocycles. The van der Waals surface area contributed by atoms with E-state index in [-0.39, 0.29) is 0 Å². The predicted molar refractivity (Wildman–Crippen MR) is 57.6 cm³/mol. The Balaban J connectivity index is 2.52. The maximum atomic E-state index is 5.50. The van der Waals surface area contributed by atoms with Gasteiger partial charge in [0.05, 0.1) is 12.6 Å². The molecule has 0 bridgehead atoms. The lowest BCUT2D eigenvalue weighted by molar-refractivity contribution is 0.419. The molecule has 0 radical (unpaired) electrons. The highest BCUT2D eigenvalue weighted by atomic mass is 16.5. The minimum atomic E-state index is 0.662. The highest BCUT2D eigenvalue weighted by Gasteiger charge is 2.04. The molecule has 14 heavy (non-hydrogen) atoms. The van der Waals surface area contributed by atoms with E-state index < -0.39 is 0 Å². The Kier molecular flexibility index (Phi) is 2.41. The summed E-state index contributed by atoms with van der Waals surface area (Å²) >= 11 is 0. The average Bonchev–Trinajstić information content (AvgIpc) is 2.60.